The van der Waals surface area contributed by atoms with Gasteiger partial charge in [0.2, 0.25) is 0 Å². The van der Waals surface area contributed by atoms with Crippen LogP contribution in [0.3, 0.4) is 0 Å². The number of nitrogens with one attached hydrogen (secondary N) is 1. The Morgan fingerprint density at radius 2 is 2.38 bits per heavy atom. The van der Waals surface area contributed by atoms with E-state index in [9.17, 15) is 0 Å². The van der Waals surface area contributed by atoms with Gasteiger partial charge in [0, 0.05) is 24.4 Å². The van der Waals surface area contributed by atoms with Crippen LogP contribution in [-0.2, 0) is 0 Å². The largest absolute Gasteiger partial charge is 0.316 e. The van der Waals surface area contributed by atoms with Crippen molar-refractivity contribution in [3.05, 3.63) is 29.6 Å². The summed E-state index contributed by atoms with van der Waals surface area (Å²) in [5.41, 5.74) is 2.49. The average molecular weight is 176 g/mol. The summed E-state index contributed by atoms with van der Waals surface area (Å²) in [5.74, 6) is 0.634. The van der Waals surface area contributed by atoms with Gasteiger partial charge in [-0.1, -0.05) is 6.07 Å². The van der Waals surface area contributed by atoms with Crippen LogP contribution in [0.4, 0.5) is 0 Å². The number of rotatable bonds is 1. The molecule has 1 N–H and O–H groups in total. The molecule has 0 aliphatic carbocycles. The fraction of sp³-hybridized carbons (Fsp3) is 0.545. The predicted molar refractivity (Wildman–Crippen MR) is 53.8 cm³/mol. The number of piperidine rings is 1. The van der Waals surface area contributed by atoms with E-state index in [-0.39, 0.29) is 0 Å². The molecule has 0 radical (unpaired) electrons. The molecule has 2 nitrogen and oxygen atoms in total. The highest BCUT2D eigenvalue weighted by molar-refractivity contribution is 5.16. The highest BCUT2D eigenvalue weighted by atomic mass is 14.9. The van der Waals surface area contributed by atoms with Gasteiger partial charge in [-0.25, -0.2) is 0 Å². The quantitative estimate of drug-likeness (QED) is 0.706. The Labute approximate surface area is 79.4 Å². The average Bonchev–Trinajstić information content (AvgIpc) is 2.20. The van der Waals surface area contributed by atoms with Crippen LogP contribution < -0.4 is 5.32 Å². The molecular formula is C11H16N2. The number of aryl methyl sites for hydroxylation is 1. The van der Waals surface area contributed by atoms with Crippen molar-refractivity contribution < 1.29 is 0 Å². The minimum atomic E-state index is 0.634. The van der Waals surface area contributed by atoms with Crippen molar-refractivity contribution >= 4 is 0 Å². The predicted octanol–water partition coefficient (Wildman–Crippen LogP) is 1.86. The first-order chi connectivity index (χ1) is 6.36. The number of hydrogen-bond donors (Lipinski definition) is 1. The summed E-state index contributed by atoms with van der Waals surface area (Å²) in [6, 6.07) is 4.31. The van der Waals surface area contributed by atoms with Crippen molar-refractivity contribution in [2.24, 2.45) is 0 Å². The molecule has 2 rings (SSSR count). The third-order valence-corrected chi connectivity index (χ3v) is 2.65. The second kappa shape index (κ2) is 3.88. The standard InChI is InChI=1S/C11H16N2/c1-9-4-5-11(13-7-9)10-3-2-6-12-8-10/h4-5,7,10,12H,2-3,6,8H2,1H3. The van der Waals surface area contributed by atoms with Crippen LogP contribution in [0.15, 0.2) is 18.3 Å². The van der Waals surface area contributed by atoms with Crippen LogP contribution in [0.25, 0.3) is 0 Å². The topological polar surface area (TPSA) is 24.9 Å². The second-order valence-corrected chi connectivity index (χ2v) is 3.80. The molecule has 1 aromatic heterocycles. The third kappa shape index (κ3) is 2.07. The van der Waals surface area contributed by atoms with Gasteiger partial charge < -0.3 is 5.32 Å². The van der Waals surface area contributed by atoms with Crippen molar-refractivity contribution in [1.29, 1.82) is 0 Å². The Morgan fingerprint density at radius 1 is 1.46 bits per heavy atom. The van der Waals surface area contributed by atoms with Gasteiger partial charge in [0.05, 0.1) is 0 Å². The summed E-state index contributed by atoms with van der Waals surface area (Å²) >= 11 is 0. The Balaban J connectivity index is 2.10. The first-order valence-electron chi connectivity index (χ1n) is 4.99. The zero-order valence-corrected chi connectivity index (χ0v) is 8.09. The Hall–Kier alpha value is -0.890. The monoisotopic (exact) mass is 176 g/mol. The molecule has 70 valence electrons. The maximum absolute atomic E-state index is 4.46. The van der Waals surface area contributed by atoms with E-state index in [2.05, 4.69) is 29.4 Å². The molecule has 2 heteroatoms. The summed E-state index contributed by atoms with van der Waals surface area (Å²) in [6.45, 7) is 4.34. The van der Waals surface area contributed by atoms with Crippen molar-refractivity contribution in [3.63, 3.8) is 0 Å². The van der Waals surface area contributed by atoms with Gasteiger partial charge in [-0.3, -0.25) is 4.98 Å². The lowest BCUT2D eigenvalue weighted by atomic mass is 9.95. The van der Waals surface area contributed by atoms with E-state index in [1.165, 1.54) is 30.6 Å². The van der Waals surface area contributed by atoms with E-state index in [1.807, 2.05) is 6.20 Å². The van der Waals surface area contributed by atoms with Crippen LogP contribution in [0.1, 0.15) is 30.0 Å². The summed E-state index contributed by atoms with van der Waals surface area (Å²) in [7, 11) is 0. The minimum Gasteiger partial charge on any atom is -0.316 e. The van der Waals surface area contributed by atoms with E-state index < -0.39 is 0 Å². The third-order valence-electron chi connectivity index (χ3n) is 2.65. The van der Waals surface area contributed by atoms with Crippen LogP contribution in [-0.4, -0.2) is 18.1 Å². The van der Waals surface area contributed by atoms with Gasteiger partial charge in [-0.2, -0.15) is 0 Å². The van der Waals surface area contributed by atoms with Crippen molar-refractivity contribution in [2.75, 3.05) is 13.1 Å². The Morgan fingerprint density at radius 3 is 3.00 bits per heavy atom. The maximum atomic E-state index is 4.46. The van der Waals surface area contributed by atoms with Crippen molar-refractivity contribution in [1.82, 2.24) is 10.3 Å². The molecule has 2 heterocycles. The lowest BCUT2D eigenvalue weighted by Gasteiger charge is -2.22. The van der Waals surface area contributed by atoms with Crippen molar-refractivity contribution in [2.45, 2.75) is 25.7 Å². The van der Waals surface area contributed by atoms with E-state index in [0.717, 1.165) is 6.54 Å². The smallest absolute Gasteiger partial charge is 0.0447 e. The Kier molecular flexibility index (Phi) is 2.60. The molecule has 1 fully saturated rings. The molecule has 1 aliphatic rings. The van der Waals surface area contributed by atoms with Gasteiger partial charge in [-0.15, -0.1) is 0 Å². The fourth-order valence-corrected chi connectivity index (χ4v) is 1.83. The number of aromatic nitrogens is 1. The van der Waals surface area contributed by atoms with Gasteiger partial charge in [0.1, 0.15) is 0 Å². The first kappa shape index (κ1) is 8.70. The van der Waals surface area contributed by atoms with Crippen LogP contribution in [0.2, 0.25) is 0 Å². The minimum absolute atomic E-state index is 0.634. The summed E-state index contributed by atoms with van der Waals surface area (Å²) in [6.07, 6.45) is 4.52. The number of hydrogen-bond acceptors (Lipinski definition) is 2. The highest BCUT2D eigenvalue weighted by Crippen LogP contribution is 2.20. The summed E-state index contributed by atoms with van der Waals surface area (Å²) in [5, 5.41) is 3.41. The Bertz CT molecular complexity index is 260. The highest BCUT2D eigenvalue weighted by Gasteiger charge is 2.15. The number of nitrogens with zero attached hydrogens (tertiary/aromatic N) is 1. The number of pyridine rings is 1. The van der Waals surface area contributed by atoms with E-state index in [0.29, 0.717) is 5.92 Å². The molecule has 1 aliphatic heterocycles. The fourth-order valence-electron chi connectivity index (χ4n) is 1.83. The van der Waals surface area contributed by atoms with E-state index in [1.54, 1.807) is 0 Å². The molecular weight excluding hydrogens is 160 g/mol. The van der Waals surface area contributed by atoms with Crippen LogP contribution in [0, 0.1) is 6.92 Å². The van der Waals surface area contributed by atoms with Gasteiger partial charge in [-0.05, 0) is 37.9 Å². The van der Waals surface area contributed by atoms with E-state index >= 15 is 0 Å². The van der Waals surface area contributed by atoms with Gasteiger partial charge >= 0.3 is 0 Å². The zero-order chi connectivity index (χ0) is 9.10. The molecule has 0 aromatic carbocycles. The molecule has 1 unspecified atom stereocenters. The molecule has 1 atom stereocenters. The first-order valence-corrected chi connectivity index (χ1v) is 4.99. The second-order valence-electron chi connectivity index (χ2n) is 3.80. The molecule has 1 saturated heterocycles. The molecule has 0 spiro atoms. The molecule has 1 aromatic rings. The lowest BCUT2D eigenvalue weighted by molar-refractivity contribution is 0.454. The van der Waals surface area contributed by atoms with E-state index in [4.69, 9.17) is 0 Å². The lowest BCUT2D eigenvalue weighted by Crippen LogP contribution is -2.28. The zero-order valence-electron chi connectivity index (χ0n) is 8.09. The summed E-state index contributed by atoms with van der Waals surface area (Å²) < 4.78 is 0. The molecule has 0 bridgehead atoms. The molecule has 13 heavy (non-hydrogen) atoms. The molecule has 0 saturated carbocycles. The maximum Gasteiger partial charge on any atom is 0.0447 e. The SMILES string of the molecule is Cc1ccc(C2CCCNC2)nc1. The van der Waals surface area contributed by atoms with Crippen molar-refractivity contribution in [3.8, 4) is 0 Å². The van der Waals surface area contributed by atoms with Gasteiger partial charge in [0.15, 0.2) is 0 Å². The van der Waals surface area contributed by atoms with Crippen LogP contribution in [0.5, 0.6) is 0 Å². The van der Waals surface area contributed by atoms with Crippen LogP contribution >= 0.6 is 0 Å². The normalized spacial score (nSPS) is 23.0. The summed E-state index contributed by atoms with van der Waals surface area (Å²) in [4.78, 5) is 4.46. The van der Waals surface area contributed by atoms with Gasteiger partial charge in [0.25, 0.3) is 0 Å². The molecule has 0 amide bonds.